The zero-order chi connectivity index (χ0) is 10.3. The number of phenolic OH excluding ortho intramolecular Hbond substituents is 1. The van der Waals surface area contributed by atoms with E-state index in [1.54, 1.807) is 12.1 Å². The first-order chi connectivity index (χ1) is 6.58. The van der Waals surface area contributed by atoms with Gasteiger partial charge in [0.25, 0.3) is 0 Å². The van der Waals surface area contributed by atoms with Crippen LogP contribution < -0.4 is 0 Å². The van der Waals surface area contributed by atoms with Gasteiger partial charge in [-0.1, -0.05) is 25.4 Å². The summed E-state index contributed by atoms with van der Waals surface area (Å²) in [4.78, 5) is 3.00. The average molecular weight is 210 g/mol. The van der Waals surface area contributed by atoms with E-state index in [2.05, 4.69) is 18.8 Å². The van der Waals surface area contributed by atoms with Crippen molar-refractivity contribution in [3.05, 3.63) is 28.9 Å². The Balaban J connectivity index is 2.71. The Hall–Kier alpha value is -1.15. The monoisotopic (exact) mass is 209 g/mol. The molecule has 74 valence electrons. The molecule has 0 saturated heterocycles. The number of aromatic nitrogens is 1. The summed E-state index contributed by atoms with van der Waals surface area (Å²) in [6.07, 6.45) is 0. The summed E-state index contributed by atoms with van der Waals surface area (Å²) >= 11 is 5.82. The standard InChI is InChI=1S/C11H12ClNO/c1-6(2)7-3-9-8(10(14)4-7)5-11(12)13-9/h3-6,13-14H,1-2H3. The Morgan fingerprint density at radius 1 is 1.29 bits per heavy atom. The van der Waals surface area contributed by atoms with Crippen LogP contribution in [0.1, 0.15) is 25.3 Å². The summed E-state index contributed by atoms with van der Waals surface area (Å²) in [6.45, 7) is 4.18. The van der Waals surface area contributed by atoms with Crippen LogP contribution >= 0.6 is 11.6 Å². The normalized spacial score (nSPS) is 11.4. The van der Waals surface area contributed by atoms with Gasteiger partial charge in [-0.25, -0.2) is 0 Å². The molecular formula is C11H12ClNO. The van der Waals surface area contributed by atoms with Gasteiger partial charge in [-0.15, -0.1) is 0 Å². The van der Waals surface area contributed by atoms with E-state index in [4.69, 9.17) is 11.6 Å². The quantitative estimate of drug-likeness (QED) is 0.739. The van der Waals surface area contributed by atoms with Crippen LogP contribution in [0.3, 0.4) is 0 Å². The number of aromatic amines is 1. The molecule has 0 radical (unpaired) electrons. The minimum atomic E-state index is 0.286. The minimum absolute atomic E-state index is 0.286. The molecule has 0 saturated carbocycles. The average Bonchev–Trinajstić information content (AvgIpc) is 2.45. The summed E-state index contributed by atoms with van der Waals surface area (Å²) in [5.74, 6) is 0.682. The van der Waals surface area contributed by atoms with Gasteiger partial charge in [0.05, 0.1) is 5.52 Å². The fourth-order valence-electron chi connectivity index (χ4n) is 1.54. The highest BCUT2D eigenvalue weighted by atomic mass is 35.5. The van der Waals surface area contributed by atoms with Gasteiger partial charge in [0.1, 0.15) is 10.9 Å². The summed E-state index contributed by atoms with van der Waals surface area (Å²) < 4.78 is 0. The van der Waals surface area contributed by atoms with Crippen LogP contribution in [-0.4, -0.2) is 10.1 Å². The number of halogens is 1. The lowest BCUT2D eigenvalue weighted by Crippen LogP contribution is -1.86. The second kappa shape index (κ2) is 3.21. The van der Waals surface area contributed by atoms with Crippen LogP contribution in [0.2, 0.25) is 5.15 Å². The van der Waals surface area contributed by atoms with E-state index in [0.29, 0.717) is 11.1 Å². The molecular weight excluding hydrogens is 198 g/mol. The summed E-state index contributed by atoms with van der Waals surface area (Å²) in [6, 6.07) is 5.54. The SMILES string of the molecule is CC(C)c1cc(O)c2cc(Cl)[nH]c2c1. The molecule has 3 heteroatoms. The first-order valence-corrected chi connectivity index (χ1v) is 4.97. The molecule has 2 nitrogen and oxygen atoms in total. The number of nitrogens with one attached hydrogen (secondary N) is 1. The van der Waals surface area contributed by atoms with Gasteiger partial charge in [0.2, 0.25) is 0 Å². The van der Waals surface area contributed by atoms with Crippen LogP contribution in [0.15, 0.2) is 18.2 Å². The molecule has 1 aromatic heterocycles. The van der Waals surface area contributed by atoms with E-state index in [1.165, 1.54) is 0 Å². The van der Waals surface area contributed by atoms with Crippen molar-refractivity contribution in [2.45, 2.75) is 19.8 Å². The van der Waals surface area contributed by atoms with Gasteiger partial charge in [-0.3, -0.25) is 0 Å². The maximum atomic E-state index is 9.74. The Bertz CT molecular complexity index is 473. The van der Waals surface area contributed by atoms with E-state index in [0.717, 1.165) is 16.5 Å². The van der Waals surface area contributed by atoms with Crippen molar-refractivity contribution in [3.63, 3.8) is 0 Å². The summed E-state index contributed by atoms with van der Waals surface area (Å²) in [5, 5.41) is 11.1. The second-order valence-electron chi connectivity index (χ2n) is 3.77. The highest BCUT2D eigenvalue weighted by Crippen LogP contribution is 2.31. The molecule has 0 spiro atoms. The van der Waals surface area contributed by atoms with Crippen LogP contribution in [0.25, 0.3) is 10.9 Å². The molecule has 0 amide bonds. The predicted octanol–water partition coefficient (Wildman–Crippen LogP) is 3.65. The van der Waals surface area contributed by atoms with Gasteiger partial charge in [-0.05, 0) is 29.7 Å². The molecule has 0 aliphatic carbocycles. The van der Waals surface area contributed by atoms with Crippen molar-refractivity contribution in [1.82, 2.24) is 4.98 Å². The number of fused-ring (bicyclic) bond motifs is 1. The topological polar surface area (TPSA) is 36.0 Å². The molecule has 2 rings (SSSR count). The van der Waals surface area contributed by atoms with Crippen LogP contribution in [-0.2, 0) is 0 Å². The van der Waals surface area contributed by atoms with Crippen molar-refractivity contribution in [1.29, 1.82) is 0 Å². The summed E-state index contributed by atoms with van der Waals surface area (Å²) in [5.41, 5.74) is 1.99. The molecule has 2 N–H and O–H groups in total. The lowest BCUT2D eigenvalue weighted by molar-refractivity contribution is 0.480. The Morgan fingerprint density at radius 3 is 2.64 bits per heavy atom. The Kier molecular flexibility index (Phi) is 2.16. The maximum absolute atomic E-state index is 9.74. The lowest BCUT2D eigenvalue weighted by Gasteiger charge is -2.06. The second-order valence-corrected chi connectivity index (χ2v) is 4.18. The highest BCUT2D eigenvalue weighted by molar-refractivity contribution is 6.30. The molecule has 1 heterocycles. The van der Waals surface area contributed by atoms with Gasteiger partial charge in [0, 0.05) is 5.39 Å². The van der Waals surface area contributed by atoms with Gasteiger partial charge in [0.15, 0.2) is 0 Å². The number of rotatable bonds is 1. The molecule has 0 aliphatic heterocycles. The number of aromatic hydroxyl groups is 1. The number of hydrogen-bond acceptors (Lipinski definition) is 1. The Labute approximate surface area is 87.5 Å². The third-order valence-electron chi connectivity index (χ3n) is 2.37. The van der Waals surface area contributed by atoms with Crippen LogP contribution in [0, 0.1) is 0 Å². The predicted molar refractivity (Wildman–Crippen MR) is 59.1 cm³/mol. The van der Waals surface area contributed by atoms with Crippen molar-refractivity contribution in [3.8, 4) is 5.75 Å². The molecule has 1 aromatic carbocycles. The van der Waals surface area contributed by atoms with Gasteiger partial charge < -0.3 is 10.1 Å². The van der Waals surface area contributed by atoms with Crippen molar-refractivity contribution in [2.75, 3.05) is 0 Å². The van der Waals surface area contributed by atoms with Crippen molar-refractivity contribution in [2.24, 2.45) is 0 Å². The highest BCUT2D eigenvalue weighted by Gasteiger charge is 2.08. The number of benzene rings is 1. The molecule has 0 atom stereocenters. The van der Waals surface area contributed by atoms with Gasteiger partial charge in [-0.2, -0.15) is 0 Å². The Morgan fingerprint density at radius 2 is 2.00 bits per heavy atom. The third-order valence-corrected chi connectivity index (χ3v) is 2.58. The van der Waals surface area contributed by atoms with E-state index >= 15 is 0 Å². The maximum Gasteiger partial charge on any atom is 0.125 e. The first kappa shape index (κ1) is 9.41. The fraction of sp³-hybridized carbons (Fsp3) is 0.273. The molecule has 0 fully saturated rings. The first-order valence-electron chi connectivity index (χ1n) is 4.59. The molecule has 14 heavy (non-hydrogen) atoms. The van der Waals surface area contributed by atoms with E-state index in [9.17, 15) is 5.11 Å². The van der Waals surface area contributed by atoms with Crippen molar-refractivity contribution < 1.29 is 5.11 Å². The molecule has 2 aromatic rings. The minimum Gasteiger partial charge on any atom is -0.507 e. The van der Waals surface area contributed by atoms with E-state index < -0.39 is 0 Å². The zero-order valence-electron chi connectivity index (χ0n) is 8.13. The lowest BCUT2D eigenvalue weighted by atomic mass is 10.0. The molecule has 0 aliphatic rings. The van der Waals surface area contributed by atoms with E-state index in [-0.39, 0.29) is 5.75 Å². The third kappa shape index (κ3) is 1.46. The van der Waals surface area contributed by atoms with Gasteiger partial charge >= 0.3 is 0 Å². The largest absolute Gasteiger partial charge is 0.507 e. The number of H-pyrrole nitrogens is 1. The number of hydrogen-bond donors (Lipinski definition) is 2. The zero-order valence-corrected chi connectivity index (χ0v) is 8.89. The molecule has 0 bridgehead atoms. The molecule has 0 unspecified atom stereocenters. The van der Waals surface area contributed by atoms with Crippen molar-refractivity contribution >= 4 is 22.5 Å². The fourth-order valence-corrected chi connectivity index (χ4v) is 1.75. The smallest absolute Gasteiger partial charge is 0.125 e. The summed E-state index contributed by atoms with van der Waals surface area (Å²) in [7, 11) is 0. The number of phenols is 1. The van der Waals surface area contributed by atoms with Crippen LogP contribution in [0.4, 0.5) is 0 Å². The van der Waals surface area contributed by atoms with Crippen LogP contribution in [0.5, 0.6) is 5.75 Å². The van der Waals surface area contributed by atoms with E-state index in [1.807, 2.05) is 6.07 Å².